The fourth-order valence-corrected chi connectivity index (χ4v) is 1.22. The van der Waals surface area contributed by atoms with E-state index in [4.69, 9.17) is 5.73 Å². The first-order valence-corrected chi connectivity index (χ1v) is 4.58. The number of rotatable bonds is 4. The Labute approximate surface area is 80.1 Å². The Balaban J connectivity index is 2.02. The first-order chi connectivity index (χ1) is 6.61. The van der Waals surface area contributed by atoms with Gasteiger partial charge in [0.2, 0.25) is 0 Å². The zero-order valence-corrected chi connectivity index (χ0v) is 7.66. The molecule has 0 radical (unpaired) electrons. The van der Waals surface area contributed by atoms with Crippen LogP contribution in [0.2, 0.25) is 0 Å². The molecule has 0 bridgehead atoms. The Morgan fingerprint density at radius 3 is 2.86 bits per heavy atom. The number of hydrogen-bond donors (Lipinski definition) is 1. The molecule has 0 aliphatic heterocycles. The molecule has 1 aliphatic rings. The van der Waals surface area contributed by atoms with Crippen molar-refractivity contribution in [2.45, 2.75) is 31.2 Å². The molecule has 0 amide bonds. The molecule has 2 N–H and O–H groups in total. The van der Waals surface area contributed by atoms with E-state index < -0.39 is 19.0 Å². The van der Waals surface area contributed by atoms with Gasteiger partial charge in [-0.1, -0.05) is 0 Å². The van der Waals surface area contributed by atoms with Gasteiger partial charge in [-0.25, -0.2) is 18.4 Å². The van der Waals surface area contributed by atoms with Crippen molar-refractivity contribution in [3.8, 4) is 0 Å². The van der Waals surface area contributed by atoms with Crippen LogP contribution in [0.3, 0.4) is 0 Å². The summed E-state index contributed by atoms with van der Waals surface area (Å²) in [4.78, 5) is 3.97. The summed E-state index contributed by atoms with van der Waals surface area (Å²) in [7, 11) is 0. The third kappa shape index (κ3) is 2.06. The van der Waals surface area contributed by atoms with Crippen LogP contribution < -0.4 is 5.73 Å². The van der Waals surface area contributed by atoms with Crippen molar-refractivity contribution in [3.63, 3.8) is 0 Å². The molecule has 0 aromatic carbocycles. The molecule has 0 spiro atoms. The Hall–Kier alpha value is -1.04. The van der Waals surface area contributed by atoms with Crippen molar-refractivity contribution < 1.29 is 8.78 Å². The van der Waals surface area contributed by atoms with E-state index in [1.165, 1.54) is 11.0 Å². The minimum absolute atomic E-state index is 0.391. The lowest BCUT2D eigenvalue weighted by Crippen LogP contribution is -2.33. The van der Waals surface area contributed by atoms with E-state index in [0.29, 0.717) is 11.7 Å². The lowest BCUT2D eigenvalue weighted by Gasteiger charge is -2.12. The van der Waals surface area contributed by atoms with Crippen LogP contribution in [-0.2, 0) is 6.54 Å². The summed E-state index contributed by atoms with van der Waals surface area (Å²) in [5, 5.41) is 3.98. The van der Waals surface area contributed by atoms with Crippen LogP contribution in [0.4, 0.5) is 8.78 Å². The van der Waals surface area contributed by atoms with Gasteiger partial charge in [0.05, 0.1) is 6.54 Å². The second-order valence-corrected chi connectivity index (χ2v) is 3.63. The SMILES string of the molecule is NCC(F)(F)Cn1cnc(C2CC2)n1. The molecule has 78 valence electrons. The van der Waals surface area contributed by atoms with Gasteiger partial charge in [0.15, 0.2) is 5.82 Å². The summed E-state index contributed by atoms with van der Waals surface area (Å²) < 4.78 is 26.9. The summed E-state index contributed by atoms with van der Waals surface area (Å²) in [6, 6.07) is 0. The quantitative estimate of drug-likeness (QED) is 0.783. The normalized spacial score (nSPS) is 17.4. The Kier molecular flexibility index (Phi) is 2.22. The van der Waals surface area contributed by atoms with Gasteiger partial charge in [-0.05, 0) is 12.8 Å². The number of hydrogen-bond acceptors (Lipinski definition) is 3. The molecule has 14 heavy (non-hydrogen) atoms. The maximum absolute atomic E-state index is 12.9. The fourth-order valence-electron chi connectivity index (χ4n) is 1.22. The highest BCUT2D eigenvalue weighted by Crippen LogP contribution is 2.37. The predicted molar refractivity (Wildman–Crippen MR) is 46.0 cm³/mol. The first kappa shape index (κ1) is 9.51. The van der Waals surface area contributed by atoms with Crippen molar-refractivity contribution in [1.29, 1.82) is 0 Å². The number of nitrogens with zero attached hydrogens (tertiary/aromatic N) is 3. The van der Waals surface area contributed by atoms with Gasteiger partial charge < -0.3 is 5.73 Å². The van der Waals surface area contributed by atoms with Crippen LogP contribution in [0.5, 0.6) is 0 Å². The molecule has 1 fully saturated rings. The number of nitrogens with two attached hydrogens (primary N) is 1. The Bertz CT molecular complexity index is 319. The van der Waals surface area contributed by atoms with E-state index in [0.717, 1.165) is 12.8 Å². The second kappa shape index (κ2) is 3.27. The second-order valence-electron chi connectivity index (χ2n) is 3.63. The average Bonchev–Trinajstić information content (AvgIpc) is 2.89. The number of alkyl halides is 2. The highest BCUT2D eigenvalue weighted by atomic mass is 19.3. The number of aromatic nitrogens is 3. The molecule has 0 atom stereocenters. The predicted octanol–water partition coefficient (Wildman–Crippen LogP) is 0.749. The summed E-state index contributed by atoms with van der Waals surface area (Å²) in [5.41, 5.74) is 4.92. The molecule has 1 heterocycles. The molecule has 2 rings (SSSR count). The Morgan fingerprint density at radius 1 is 1.57 bits per heavy atom. The largest absolute Gasteiger partial charge is 0.325 e. The van der Waals surface area contributed by atoms with Crippen LogP contribution in [0.1, 0.15) is 24.6 Å². The molecule has 0 saturated heterocycles. The summed E-state index contributed by atoms with van der Waals surface area (Å²) in [5.74, 6) is -1.82. The summed E-state index contributed by atoms with van der Waals surface area (Å²) in [6.45, 7) is -1.14. The van der Waals surface area contributed by atoms with Gasteiger partial charge in [0.1, 0.15) is 12.9 Å². The first-order valence-electron chi connectivity index (χ1n) is 4.58. The average molecular weight is 202 g/mol. The van der Waals surface area contributed by atoms with Crippen LogP contribution in [-0.4, -0.2) is 27.2 Å². The van der Waals surface area contributed by atoms with Crippen LogP contribution in [0.25, 0.3) is 0 Å². The lowest BCUT2D eigenvalue weighted by atomic mass is 10.3. The molecule has 1 aromatic heterocycles. The van der Waals surface area contributed by atoms with Crippen molar-refractivity contribution in [2.75, 3.05) is 6.54 Å². The minimum atomic E-state index is -2.89. The maximum Gasteiger partial charge on any atom is 0.279 e. The number of halogens is 2. The van der Waals surface area contributed by atoms with Crippen molar-refractivity contribution in [1.82, 2.24) is 14.8 Å². The summed E-state index contributed by atoms with van der Waals surface area (Å²) in [6.07, 6.45) is 3.48. The molecular weight excluding hydrogens is 190 g/mol. The lowest BCUT2D eigenvalue weighted by molar-refractivity contribution is -0.00995. The van der Waals surface area contributed by atoms with Gasteiger partial charge in [-0.15, -0.1) is 0 Å². The van der Waals surface area contributed by atoms with Crippen molar-refractivity contribution >= 4 is 0 Å². The van der Waals surface area contributed by atoms with Gasteiger partial charge >= 0.3 is 0 Å². The smallest absolute Gasteiger partial charge is 0.279 e. The third-order valence-electron chi connectivity index (χ3n) is 2.19. The van der Waals surface area contributed by atoms with E-state index in [1.807, 2.05) is 0 Å². The minimum Gasteiger partial charge on any atom is -0.325 e. The van der Waals surface area contributed by atoms with Crippen molar-refractivity contribution in [3.05, 3.63) is 12.2 Å². The van der Waals surface area contributed by atoms with E-state index >= 15 is 0 Å². The van der Waals surface area contributed by atoms with Gasteiger partial charge in [0.25, 0.3) is 5.92 Å². The van der Waals surface area contributed by atoms with E-state index in [-0.39, 0.29) is 0 Å². The zero-order chi connectivity index (χ0) is 10.2. The van der Waals surface area contributed by atoms with Gasteiger partial charge in [0, 0.05) is 5.92 Å². The molecular formula is C8H12F2N4. The molecule has 6 heteroatoms. The topological polar surface area (TPSA) is 56.7 Å². The van der Waals surface area contributed by atoms with Crippen LogP contribution in [0.15, 0.2) is 6.33 Å². The van der Waals surface area contributed by atoms with E-state index in [2.05, 4.69) is 10.1 Å². The zero-order valence-electron chi connectivity index (χ0n) is 7.66. The fraction of sp³-hybridized carbons (Fsp3) is 0.750. The van der Waals surface area contributed by atoms with Crippen LogP contribution in [0, 0.1) is 0 Å². The monoisotopic (exact) mass is 202 g/mol. The molecule has 1 aromatic rings. The molecule has 0 unspecified atom stereocenters. The van der Waals surface area contributed by atoms with Crippen molar-refractivity contribution in [2.24, 2.45) is 5.73 Å². The molecule has 4 nitrogen and oxygen atoms in total. The molecule has 1 aliphatic carbocycles. The standard InChI is InChI=1S/C8H12F2N4/c9-8(10,3-11)4-14-5-12-7(13-14)6-1-2-6/h5-6H,1-4,11H2. The maximum atomic E-state index is 12.9. The van der Waals surface area contributed by atoms with Crippen LogP contribution >= 0.6 is 0 Å². The van der Waals surface area contributed by atoms with Gasteiger partial charge in [-0.3, -0.25) is 0 Å². The van der Waals surface area contributed by atoms with E-state index in [1.54, 1.807) is 0 Å². The highest BCUT2D eigenvalue weighted by molar-refractivity contribution is 5.02. The Morgan fingerprint density at radius 2 is 2.29 bits per heavy atom. The highest BCUT2D eigenvalue weighted by Gasteiger charge is 2.30. The van der Waals surface area contributed by atoms with Gasteiger partial charge in [-0.2, -0.15) is 5.10 Å². The molecule has 1 saturated carbocycles. The summed E-state index contributed by atoms with van der Waals surface area (Å²) >= 11 is 0. The third-order valence-corrected chi connectivity index (χ3v) is 2.19. The van der Waals surface area contributed by atoms with E-state index in [9.17, 15) is 8.78 Å².